The van der Waals surface area contributed by atoms with Crippen LogP contribution in [0.2, 0.25) is 0 Å². The van der Waals surface area contributed by atoms with Gasteiger partial charge in [0.15, 0.2) is 0 Å². The molecule has 3 rings (SSSR count). The monoisotopic (exact) mass is 250 g/mol. The minimum absolute atomic E-state index is 1.16. The van der Waals surface area contributed by atoms with Gasteiger partial charge in [-0.15, -0.1) is 0 Å². The van der Waals surface area contributed by atoms with E-state index in [1.54, 1.807) is 16.7 Å². The van der Waals surface area contributed by atoms with Crippen LogP contribution in [-0.4, -0.2) is 0 Å². The highest BCUT2D eigenvalue weighted by Gasteiger charge is 2.12. The van der Waals surface area contributed by atoms with E-state index in [0.717, 1.165) is 6.42 Å². The van der Waals surface area contributed by atoms with Crippen LogP contribution in [0.1, 0.15) is 40.7 Å². The molecule has 0 nitrogen and oxygen atoms in total. The van der Waals surface area contributed by atoms with Crippen molar-refractivity contribution in [3.8, 4) is 0 Å². The molecule has 0 aromatic heterocycles. The van der Waals surface area contributed by atoms with E-state index in [4.69, 9.17) is 0 Å². The van der Waals surface area contributed by atoms with E-state index < -0.39 is 0 Å². The molecule has 19 heavy (non-hydrogen) atoms. The van der Waals surface area contributed by atoms with Gasteiger partial charge in [0.1, 0.15) is 0 Å². The third kappa shape index (κ3) is 2.89. The zero-order chi connectivity index (χ0) is 13.1. The number of benzene rings is 2. The van der Waals surface area contributed by atoms with Crippen LogP contribution in [-0.2, 0) is 25.7 Å². The molecule has 0 bridgehead atoms. The fourth-order valence-electron chi connectivity index (χ4n) is 3.13. The molecule has 0 unspecified atom stereocenters. The second kappa shape index (κ2) is 5.61. The van der Waals surface area contributed by atoms with Crippen molar-refractivity contribution >= 4 is 0 Å². The predicted octanol–water partition coefficient (Wildman–Crippen LogP) is 4.66. The highest BCUT2D eigenvalue weighted by molar-refractivity contribution is 5.37. The third-order valence-electron chi connectivity index (χ3n) is 4.30. The maximum Gasteiger partial charge on any atom is -0.0235 e. The Morgan fingerprint density at radius 2 is 1.63 bits per heavy atom. The first-order valence-electron chi connectivity index (χ1n) is 7.48. The number of fused-ring (bicyclic) bond motifs is 1. The lowest BCUT2D eigenvalue weighted by atomic mass is 9.86. The van der Waals surface area contributed by atoms with E-state index in [0.29, 0.717) is 0 Å². The van der Waals surface area contributed by atoms with Gasteiger partial charge in [-0.1, -0.05) is 48.0 Å². The van der Waals surface area contributed by atoms with Crippen molar-refractivity contribution < 1.29 is 0 Å². The second-order valence-electron chi connectivity index (χ2n) is 5.75. The molecule has 0 saturated carbocycles. The summed E-state index contributed by atoms with van der Waals surface area (Å²) in [4.78, 5) is 0. The van der Waals surface area contributed by atoms with Gasteiger partial charge in [-0.3, -0.25) is 0 Å². The van der Waals surface area contributed by atoms with Crippen LogP contribution in [0, 0.1) is 6.92 Å². The Kier molecular flexibility index (Phi) is 3.68. The molecule has 1 aliphatic carbocycles. The average Bonchev–Trinajstić information content (AvgIpc) is 2.47. The predicted molar refractivity (Wildman–Crippen MR) is 81.7 cm³/mol. The molecule has 2 aromatic carbocycles. The lowest BCUT2D eigenvalue weighted by molar-refractivity contribution is 0.677. The van der Waals surface area contributed by atoms with Crippen molar-refractivity contribution in [3.05, 3.63) is 70.3 Å². The first-order valence-corrected chi connectivity index (χ1v) is 7.48. The van der Waals surface area contributed by atoms with Crippen LogP contribution in [0.3, 0.4) is 0 Å². The molecular formula is C19H22. The molecule has 0 N–H and O–H groups in total. The van der Waals surface area contributed by atoms with Crippen molar-refractivity contribution in [3.63, 3.8) is 0 Å². The summed E-state index contributed by atoms with van der Waals surface area (Å²) < 4.78 is 0. The zero-order valence-corrected chi connectivity index (χ0v) is 11.8. The second-order valence-corrected chi connectivity index (χ2v) is 5.75. The quantitative estimate of drug-likeness (QED) is 0.743. The molecule has 0 heterocycles. The van der Waals surface area contributed by atoms with Crippen molar-refractivity contribution in [2.24, 2.45) is 0 Å². The molecular weight excluding hydrogens is 228 g/mol. The molecule has 0 radical (unpaired) electrons. The fourth-order valence-corrected chi connectivity index (χ4v) is 3.13. The topological polar surface area (TPSA) is 0 Å². The van der Waals surface area contributed by atoms with Crippen molar-refractivity contribution in [1.29, 1.82) is 0 Å². The summed E-state index contributed by atoms with van der Waals surface area (Å²) in [7, 11) is 0. The smallest absolute Gasteiger partial charge is 0.0235 e. The molecule has 0 spiro atoms. The molecule has 0 amide bonds. The van der Waals surface area contributed by atoms with E-state index in [9.17, 15) is 0 Å². The highest BCUT2D eigenvalue weighted by Crippen LogP contribution is 2.25. The Balaban J connectivity index is 1.75. The Morgan fingerprint density at radius 1 is 0.842 bits per heavy atom. The molecule has 0 heteroatoms. The van der Waals surface area contributed by atoms with Gasteiger partial charge in [0.05, 0.1) is 0 Å². The van der Waals surface area contributed by atoms with Gasteiger partial charge in [0, 0.05) is 0 Å². The van der Waals surface area contributed by atoms with Crippen LogP contribution in [0.15, 0.2) is 42.5 Å². The van der Waals surface area contributed by atoms with Crippen LogP contribution in [0.4, 0.5) is 0 Å². The fraction of sp³-hybridized carbons (Fsp3) is 0.368. The SMILES string of the molecule is Cc1ccc(CCc2cccc3c2CCCC3)cc1. The normalized spacial score (nSPS) is 14.2. The van der Waals surface area contributed by atoms with E-state index in [1.165, 1.54) is 43.2 Å². The van der Waals surface area contributed by atoms with Gasteiger partial charge in [0.2, 0.25) is 0 Å². The number of rotatable bonds is 3. The first kappa shape index (κ1) is 12.5. The van der Waals surface area contributed by atoms with E-state index in [-0.39, 0.29) is 0 Å². The minimum atomic E-state index is 1.16. The van der Waals surface area contributed by atoms with Gasteiger partial charge in [-0.2, -0.15) is 0 Å². The summed E-state index contributed by atoms with van der Waals surface area (Å²) >= 11 is 0. The lowest BCUT2D eigenvalue weighted by Crippen LogP contribution is -2.07. The summed E-state index contributed by atoms with van der Waals surface area (Å²) in [5, 5.41) is 0. The summed E-state index contributed by atoms with van der Waals surface area (Å²) in [6.07, 6.45) is 7.67. The lowest BCUT2D eigenvalue weighted by Gasteiger charge is -2.19. The Bertz CT molecular complexity index is 549. The Labute approximate surface area is 116 Å². The molecule has 0 fully saturated rings. The summed E-state index contributed by atoms with van der Waals surface area (Å²) in [6, 6.07) is 15.9. The molecule has 98 valence electrons. The number of aryl methyl sites for hydroxylation is 4. The largest absolute Gasteiger partial charge is 0.0617 e. The van der Waals surface area contributed by atoms with Gasteiger partial charge in [-0.05, 0) is 67.7 Å². The van der Waals surface area contributed by atoms with E-state index in [2.05, 4.69) is 49.4 Å². The molecule has 0 atom stereocenters. The Hall–Kier alpha value is -1.56. The van der Waals surface area contributed by atoms with Crippen LogP contribution in [0.5, 0.6) is 0 Å². The minimum Gasteiger partial charge on any atom is -0.0617 e. The summed E-state index contributed by atoms with van der Waals surface area (Å²) in [5.41, 5.74) is 7.64. The van der Waals surface area contributed by atoms with Crippen LogP contribution in [0.25, 0.3) is 0 Å². The van der Waals surface area contributed by atoms with Crippen molar-refractivity contribution in [1.82, 2.24) is 0 Å². The standard InChI is InChI=1S/C19H22/c1-15-9-11-16(12-10-15)13-14-18-7-4-6-17-5-2-3-8-19(17)18/h4,6-7,9-12H,2-3,5,8,13-14H2,1H3. The van der Waals surface area contributed by atoms with Crippen LogP contribution >= 0.6 is 0 Å². The van der Waals surface area contributed by atoms with E-state index >= 15 is 0 Å². The molecule has 1 aliphatic rings. The number of hydrogen-bond acceptors (Lipinski definition) is 0. The van der Waals surface area contributed by atoms with Gasteiger partial charge in [0.25, 0.3) is 0 Å². The maximum atomic E-state index is 2.33. The van der Waals surface area contributed by atoms with Crippen molar-refractivity contribution in [2.75, 3.05) is 0 Å². The first-order chi connectivity index (χ1) is 9.33. The van der Waals surface area contributed by atoms with E-state index in [1.807, 2.05) is 0 Å². The third-order valence-corrected chi connectivity index (χ3v) is 4.30. The van der Waals surface area contributed by atoms with Gasteiger partial charge in [-0.25, -0.2) is 0 Å². The van der Waals surface area contributed by atoms with Gasteiger partial charge >= 0.3 is 0 Å². The average molecular weight is 250 g/mol. The zero-order valence-electron chi connectivity index (χ0n) is 11.8. The highest BCUT2D eigenvalue weighted by atomic mass is 14.2. The molecule has 0 saturated heterocycles. The molecule has 2 aromatic rings. The summed E-state index contributed by atoms with van der Waals surface area (Å²) in [5.74, 6) is 0. The maximum absolute atomic E-state index is 2.33. The Morgan fingerprint density at radius 3 is 2.47 bits per heavy atom. The summed E-state index contributed by atoms with van der Waals surface area (Å²) in [6.45, 7) is 2.15. The van der Waals surface area contributed by atoms with Crippen molar-refractivity contribution in [2.45, 2.75) is 45.4 Å². The van der Waals surface area contributed by atoms with Gasteiger partial charge < -0.3 is 0 Å². The molecule has 0 aliphatic heterocycles. The number of hydrogen-bond donors (Lipinski definition) is 0. The van der Waals surface area contributed by atoms with Crippen LogP contribution < -0.4 is 0 Å².